The Bertz CT molecular complexity index is 195. The Balaban J connectivity index is 2.55. The smallest absolute Gasteiger partial charge is 0.120 e. The fourth-order valence-electron chi connectivity index (χ4n) is 3.09. The Kier molecular flexibility index (Phi) is 3.74. The summed E-state index contributed by atoms with van der Waals surface area (Å²) in [6, 6.07) is 0. The molecule has 0 aromatic heterocycles. The SMILES string of the molecule is CC(CCC=O)C1CCC(C)C1(C)C. The summed E-state index contributed by atoms with van der Waals surface area (Å²) in [6.07, 6.45) is 5.59. The van der Waals surface area contributed by atoms with Gasteiger partial charge in [-0.05, 0) is 42.4 Å². The third-order valence-electron chi connectivity index (χ3n) is 4.56. The first-order chi connectivity index (χ1) is 6.50. The second kappa shape index (κ2) is 4.46. The predicted octanol–water partition coefficient (Wildman–Crippen LogP) is 3.67. The van der Waals surface area contributed by atoms with E-state index in [-0.39, 0.29) is 0 Å². The van der Waals surface area contributed by atoms with Crippen LogP contribution in [-0.2, 0) is 4.79 Å². The van der Waals surface area contributed by atoms with Crippen LogP contribution in [0.15, 0.2) is 0 Å². The van der Waals surface area contributed by atoms with Gasteiger partial charge in [0.2, 0.25) is 0 Å². The minimum atomic E-state index is 0.475. The Hall–Kier alpha value is -0.330. The third kappa shape index (κ3) is 2.18. The van der Waals surface area contributed by atoms with Crippen molar-refractivity contribution in [3.8, 4) is 0 Å². The molecule has 1 heteroatoms. The molecule has 0 saturated heterocycles. The Morgan fingerprint density at radius 2 is 2.07 bits per heavy atom. The van der Waals surface area contributed by atoms with Crippen molar-refractivity contribution >= 4 is 6.29 Å². The maximum atomic E-state index is 10.3. The van der Waals surface area contributed by atoms with Gasteiger partial charge in [0.25, 0.3) is 0 Å². The summed E-state index contributed by atoms with van der Waals surface area (Å²) in [6.45, 7) is 9.47. The van der Waals surface area contributed by atoms with Crippen LogP contribution >= 0.6 is 0 Å². The largest absolute Gasteiger partial charge is 0.303 e. The molecule has 14 heavy (non-hydrogen) atoms. The molecule has 3 unspecified atom stereocenters. The van der Waals surface area contributed by atoms with Gasteiger partial charge in [-0.25, -0.2) is 0 Å². The summed E-state index contributed by atoms with van der Waals surface area (Å²) in [5.41, 5.74) is 0.475. The van der Waals surface area contributed by atoms with Crippen LogP contribution in [0.2, 0.25) is 0 Å². The van der Waals surface area contributed by atoms with Crippen molar-refractivity contribution in [3.63, 3.8) is 0 Å². The summed E-state index contributed by atoms with van der Waals surface area (Å²) >= 11 is 0. The van der Waals surface area contributed by atoms with Crippen molar-refractivity contribution in [2.75, 3.05) is 0 Å². The molecule has 0 bridgehead atoms. The molecule has 0 N–H and O–H groups in total. The van der Waals surface area contributed by atoms with Gasteiger partial charge < -0.3 is 4.79 Å². The van der Waals surface area contributed by atoms with Crippen LogP contribution in [0.5, 0.6) is 0 Å². The van der Waals surface area contributed by atoms with E-state index in [1.165, 1.54) is 12.8 Å². The molecule has 1 fully saturated rings. The fourth-order valence-corrected chi connectivity index (χ4v) is 3.09. The highest BCUT2D eigenvalue weighted by Gasteiger charge is 2.42. The molecule has 1 nitrogen and oxygen atoms in total. The fraction of sp³-hybridized carbons (Fsp3) is 0.923. The standard InChI is InChI=1S/C13H24O/c1-10(6-5-9-14)12-8-7-11(2)13(12,3)4/h9-12H,5-8H2,1-4H3. The lowest BCUT2D eigenvalue weighted by Crippen LogP contribution is -2.28. The van der Waals surface area contributed by atoms with Crippen molar-refractivity contribution in [2.24, 2.45) is 23.2 Å². The number of carbonyl (C=O) groups excluding carboxylic acids is 1. The highest BCUT2D eigenvalue weighted by Crippen LogP contribution is 2.50. The normalized spacial score (nSPS) is 32.9. The van der Waals surface area contributed by atoms with E-state index in [9.17, 15) is 4.79 Å². The maximum Gasteiger partial charge on any atom is 0.120 e. The van der Waals surface area contributed by atoms with Gasteiger partial charge in [-0.1, -0.05) is 27.7 Å². The molecule has 1 aliphatic rings. The average molecular weight is 196 g/mol. The highest BCUT2D eigenvalue weighted by atomic mass is 16.1. The summed E-state index contributed by atoms with van der Waals surface area (Å²) in [7, 11) is 0. The van der Waals surface area contributed by atoms with Gasteiger partial charge >= 0.3 is 0 Å². The molecule has 0 radical (unpaired) electrons. The van der Waals surface area contributed by atoms with Crippen molar-refractivity contribution < 1.29 is 4.79 Å². The molecular formula is C13H24O. The van der Waals surface area contributed by atoms with E-state index in [1.807, 2.05) is 0 Å². The highest BCUT2D eigenvalue weighted by molar-refractivity contribution is 5.49. The molecular weight excluding hydrogens is 172 g/mol. The van der Waals surface area contributed by atoms with E-state index in [1.54, 1.807) is 0 Å². The van der Waals surface area contributed by atoms with E-state index in [4.69, 9.17) is 0 Å². The zero-order chi connectivity index (χ0) is 10.8. The van der Waals surface area contributed by atoms with Crippen molar-refractivity contribution in [2.45, 2.75) is 53.4 Å². The first kappa shape index (κ1) is 11.7. The molecule has 82 valence electrons. The lowest BCUT2D eigenvalue weighted by Gasteiger charge is -2.35. The molecule has 3 atom stereocenters. The van der Waals surface area contributed by atoms with Gasteiger partial charge in [0.15, 0.2) is 0 Å². The zero-order valence-electron chi connectivity index (χ0n) is 10.0. The molecule has 0 spiro atoms. The molecule has 0 amide bonds. The van der Waals surface area contributed by atoms with Gasteiger partial charge in [0, 0.05) is 6.42 Å². The van der Waals surface area contributed by atoms with E-state index >= 15 is 0 Å². The number of rotatable bonds is 4. The molecule has 0 heterocycles. The molecule has 1 saturated carbocycles. The van der Waals surface area contributed by atoms with Crippen LogP contribution in [0.3, 0.4) is 0 Å². The molecule has 1 rings (SSSR count). The second-order valence-corrected chi connectivity index (χ2v) is 5.63. The average Bonchev–Trinajstić information content (AvgIpc) is 2.38. The number of aldehydes is 1. The quantitative estimate of drug-likeness (QED) is 0.627. The van der Waals surface area contributed by atoms with Crippen molar-refractivity contribution in [1.29, 1.82) is 0 Å². The van der Waals surface area contributed by atoms with E-state index in [2.05, 4.69) is 27.7 Å². The van der Waals surface area contributed by atoms with Crippen LogP contribution in [0.4, 0.5) is 0 Å². The predicted molar refractivity (Wildman–Crippen MR) is 60.1 cm³/mol. The topological polar surface area (TPSA) is 17.1 Å². The van der Waals surface area contributed by atoms with Gasteiger partial charge in [-0.15, -0.1) is 0 Å². The lowest BCUT2D eigenvalue weighted by atomic mass is 9.70. The monoisotopic (exact) mass is 196 g/mol. The Labute approximate surface area is 88.3 Å². The van der Waals surface area contributed by atoms with E-state index in [0.29, 0.717) is 11.3 Å². The number of hydrogen-bond acceptors (Lipinski definition) is 1. The van der Waals surface area contributed by atoms with Crippen LogP contribution < -0.4 is 0 Å². The van der Waals surface area contributed by atoms with E-state index in [0.717, 1.165) is 31.0 Å². The van der Waals surface area contributed by atoms with Crippen LogP contribution in [0, 0.1) is 23.2 Å². The minimum absolute atomic E-state index is 0.475. The van der Waals surface area contributed by atoms with Gasteiger partial charge in [0.05, 0.1) is 0 Å². The molecule has 0 aromatic carbocycles. The van der Waals surface area contributed by atoms with E-state index < -0.39 is 0 Å². The molecule has 0 aromatic rings. The molecule has 0 aliphatic heterocycles. The van der Waals surface area contributed by atoms with Crippen LogP contribution in [0.1, 0.15) is 53.4 Å². The summed E-state index contributed by atoms with van der Waals surface area (Å²) in [5, 5.41) is 0. The Morgan fingerprint density at radius 1 is 1.43 bits per heavy atom. The maximum absolute atomic E-state index is 10.3. The second-order valence-electron chi connectivity index (χ2n) is 5.63. The molecule has 1 aliphatic carbocycles. The van der Waals surface area contributed by atoms with Gasteiger partial charge in [-0.3, -0.25) is 0 Å². The summed E-state index contributed by atoms with van der Waals surface area (Å²) < 4.78 is 0. The lowest BCUT2D eigenvalue weighted by molar-refractivity contribution is -0.108. The minimum Gasteiger partial charge on any atom is -0.303 e. The third-order valence-corrected chi connectivity index (χ3v) is 4.56. The van der Waals surface area contributed by atoms with Gasteiger partial charge in [-0.2, -0.15) is 0 Å². The number of carbonyl (C=O) groups is 1. The van der Waals surface area contributed by atoms with Crippen LogP contribution in [-0.4, -0.2) is 6.29 Å². The van der Waals surface area contributed by atoms with Crippen molar-refractivity contribution in [1.82, 2.24) is 0 Å². The summed E-state index contributed by atoms with van der Waals surface area (Å²) in [5.74, 6) is 2.36. The van der Waals surface area contributed by atoms with Gasteiger partial charge in [0.1, 0.15) is 6.29 Å². The number of hydrogen-bond donors (Lipinski definition) is 0. The van der Waals surface area contributed by atoms with Crippen molar-refractivity contribution in [3.05, 3.63) is 0 Å². The van der Waals surface area contributed by atoms with Crippen LogP contribution in [0.25, 0.3) is 0 Å². The zero-order valence-corrected chi connectivity index (χ0v) is 10.0. The summed E-state index contributed by atoms with van der Waals surface area (Å²) in [4.78, 5) is 10.3. The first-order valence-corrected chi connectivity index (χ1v) is 5.93. The Morgan fingerprint density at radius 3 is 2.50 bits per heavy atom. The first-order valence-electron chi connectivity index (χ1n) is 5.93.